The van der Waals surface area contributed by atoms with E-state index < -0.39 is 15.1 Å². The number of hydrogen-bond acceptors (Lipinski definition) is 3. The van der Waals surface area contributed by atoms with E-state index in [-0.39, 0.29) is 12.0 Å². The van der Waals surface area contributed by atoms with E-state index in [1.807, 2.05) is 12.1 Å². The van der Waals surface area contributed by atoms with Gasteiger partial charge in [-0.25, -0.2) is 8.42 Å². The molecule has 1 aromatic carbocycles. The van der Waals surface area contributed by atoms with Gasteiger partial charge in [0.25, 0.3) is 0 Å². The Labute approximate surface area is 140 Å². The normalized spacial score (nSPS) is 29.0. The molecule has 2 atom stereocenters. The molecule has 128 valence electrons. The third-order valence-electron chi connectivity index (χ3n) is 6.01. The van der Waals surface area contributed by atoms with Gasteiger partial charge >= 0.3 is 0 Å². The summed E-state index contributed by atoms with van der Waals surface area (Å²) in [5.74, 6) is 1.30. The van der Waals surface area contributed by atoms with Crippen LogP contribution in [0.15, 0.2) is 29.2 Å². The first-order chi connectivity index (χ1) is 10.9. The Kier molecular flexibility index (Phi) is 4.58. The molecule has 3 nitrogen and oxygen atoms in total. The topological polar surface area (TPSA) is 54.4 Å². The second kappa shape index (κ2) is 6.21. The Balaban J connectivity index is 1.81. The van der Waals surface area contributed by atoms with Crippen LogP contribution in [0.25, 0.3) is 0 Å². The van der Waals surface area contributed by atoms with Crippen molar-refractivity contribution in [1.29, 1.82) is 0 Å². The van der Waals surface area contributed by atoms with E-state index in [0.717, 1.165) is 17.9 Å². The molecule has 23 heavy (non-hydrogen) atoms. The predicted octanol–water partition coefficient (Wildman–Crippen LogP) is 3.70. The molecular formula is C19H28O3S. The van der Waals surface area contributed by atoms with Crippen molar-refractivity contribution in [3.63, 3.8) is 0 Å². The second-order valence-electron chi connectivity index (χ2n) is 7.64. The lowest BCUT2D eigenvalue weighted by molar-refractivity contribution is 0.218. The maximum atomic E-state index is 12.2. The highest BCUT2D eigenvalue weighted by Gasteiger charge is 2.57. The molecule has 0 saturated heterocycles. The number of rotatable bonds is 5. The van der Waals surface area contributed by atoms with Gasteiger partial charge in [0, 0.05) is 5.41 Å². The fourth-order valence-corrected chi connectivity index (χ4v) is 5.40. The van der Waals surface area contributed by atoms with Crippen molar-refractivity contribution in [2.24, 2.45) is 11.8 Å². The molecule has 0 bridgehead atoms. The minimum absolute atomic E-state index is 0.123. The standard InChI is InChI=1S/C19H28O3S/c1-14(2)23(21,22)17-10-8-16(9-11-17)19(13-20)12-18(19)15-6-4-3-5-7-15/h8-11,14-15,18,20H,3-7,12-13H2,1-2H3. The zero-order valence-corrected chi connectivity index (χ0v) is 15.0. The van der Waals surface area contributed by atoms with Crippen LogP contribution < -0.4 is 0 Å². The van der Waals surface area contributed by atoms with Crippen molar-refractivity contribution in [3.05, 3.63) is 29.8 Å². The molecule has 2 aliphatic carbocycles. The van der Waals surface area contributed by atoms with Crippen LogP contribution in [0.5, 0.6) is 0 Å². The van der Waals surface area contributed by atoms with Crippen LogP contribution in [0, 0.1) is 11.8 Å². The van der Waals surface area contributed by atoms with E-state index in [2.05, 4.69) is 0 Å². The van der Waals surface area contributed by atoms with Crippen LogP contribution in [-0.4, -0.2) is 25.4 Å². The van der Waals surface area contributed by atoms with Crippen molar-refractivity contribution >= 4 is 9.84 Å². The van der Waals surface area contributed by atoms with E-state index >= 15 is 0 Å². The summed E-state index contributed by atoms with van der Waals surface area (Å²) in [6.07, 6.45) is 7.59. The summed E-state index contributed by atoms with van der Waals surface area (Å²) in [4.78, 5) is 0.388. The van der Waals surface area contributed by atoms with Gasteiger partial charge in [-0.15, -0.1) is 0 Å². The van der Waals surface area contributed by atoms with Gasteiger partial charge in [0.2, 0.25) is 0 Å². The average molecular weight is 336 g/mol. The number of sulfone groups is 1. The number of hydrogen-bond donors (Lipinski definition) is 1. The molecule has 2 saturated carbocycles. The minimum Gasteiger partial charge on any atom is -0.395 e. The number of aliphatic hydroxyl groups excluding tert-OH is 1. The van der Waals surface area contributed by atoms with Gasteiger partial charge in [-0.3, -0.25) is 0 Å². The minimum atomic E-state index is -3.22. The van der Waals surface area contributed by atoms with Crippen LogP contribution in [0.3, 0.4) is 0 Å². The second-order valence-corrected chi connectivity index (χ2v) is 10.1. The Morgan fingerprint density at radius 2 is 1.74 bits per heavy atom. The first kappa shape index (κ1) is 17.0. The van der Waals surface area contributed by atoms with Crippen LogP contribution in [0.1, 0.15) is 57.9 Å². The fourth-order valence-electron chi connectivity index (χ4n) is 4.34. The fraction of sp³-hybridized carbons (Fsp3) is 0.684. The highest BCUT2D eigenvalue weighted by Crippen LogP contribution is 2.60. The van der Waals surface area contributed by atoms with Crippen molar-refractivity contribution in [3.8, 4) is 0 Å². The van der Waals surface area contributed by atoms with E-state index in [9.17, 15) is 13.5 Å². The number of aliphatic hydroxyl groups is 1. The quantitative estimate of drug-likeness (QED) is 0.892. The van der Waals surface area contributed by atoms with Gasteiger partial charge in [-0.1, -0.05) is 44.2 Å². The highest BCUT2D eigenvalue weighted by atomic mass is 32.2. The molecule has 0 amide bonds. The van der Waals surface area contributed by atoms with Gasteiger partial charge in [0.05, 0.1) is 16.8 Å². The lowest BCUT2D eigenvalue weighted by Gasteiger charge is -2.25. The Morgan fingerprint density at radius 1 is 1.13 bits per heavy atom. The zero-order valence-electron chi connectivity index (χ0n) is 14.2. The van der Waals surface area contributed by atoms with Crippen molar-refractivity contribution < 1.29 is 13.5 Å². The van der Waals surface area contributed by atoms with Crippen LogP contribution >= 0.6 is 0 Å². The first-order valence-corrected chi connectivity index (χ1v) is 10.4. The van der Waals surface area contributed by atoms with Gasteiger partial charge in [0.1, 0.15) is 0 Å². The molecule has 0 spiro atoms. The summed E-state index contributed by atoms with van der Waals surface area (Å²) in [6.45, 7) is 3.58. The smallest absolute Gasteiger partial charge is 0.180 e. The number of benzene rings is 1. The SMILES string of the molecule is CC(C)S(=O)(=O)c1ccc(C2(CO)CC2C2CCCCC2)cc1. The molecule has 2 unspecified atom stereocenters. The molecule has 1 aromatic rings. The molecule has 3 rings (SSSR count). The van der Waals surface area contributed by atoms with Crippen LogP contribution in [0.2, 0.25) is 0 Å². The monoisotopic (exact) mass is 336 g/mol. The van der Waals surface area contributed by atoms with E-state index in [1.165, 1.54) is 32.1 Å². The zero-order chi connectivity index (χ0) is 16.7. The van der Waals surface area contributed by atoms with E-state index in [1.54, 1.807) is 26.0 Å². The lowest BCUT2D eigenvalue weighted by Crippen LogP contribution is -2.21. The molecule has 4 heteroatoms. The average Bonchev–Trinajstić information content (AvgIpc) is 3.32. The molecule has 2 aliphatic rings. The third kappa shape index (κ3) is 2.96. The summed E-state index contributed by atoms with van der Waals surface area (Å²) in [7, 11) is -3.22. The van der Waals surface area contributed by atoms with E-state index in [0.29, 0.717) is 10.8 Å². The van der Waals surface area contributed by atoms with Gasteiger partial charge in [-0.2, -0.15) is 0 Å². The summed E-state index contributed by atoms with van der Waals surface area (Å²) in [5, 5.41) is 9.60. The van der Waals surface area contributed by atoms with Crippen molar-refractivity contribution in [2.45, 2.75) is 67.9 Å². The highest BCUT2D eigenvalue weighted by molar-refractivity contribution is 7.92. The molecule has 1 N–H and O–H groups in total. The van der Waals surface area contributed by atoms with E-state index in [4.69, 9.17) is 0 Å². The molecule has 0 heterocycles. The summed E-state index contributed by atoms with van der Waals surface area (Å²) >= 11 is 0. The summed E-state index contributed by atoms with van der Waals surface area (Å²) in [6, 6.07) is 7.29. The Hall–Kier alpha value is -0.870. The Bertz CT molecular complexity index is 642. The van der Waals surface area contributed by atoms with Crippen molar-refractivity contribution in [1.82, 2.24) is 0 Å². The van der Waals surface area contributed by atoms with Crippen molar-refractivity contribution in [2.75, 3.05) is 6.61 Å². The Morgan fingerprint density at radius 3 is 2.26 bits per heavy atom. The molecule has 0 aliphatic heterocycles. The van der Waals surface area contributed by atoms with Crippen LogP contribution in [0.4, 0.5) is 0 Å². The predicted molar refractivity (Wildman–Crippen MR) is 92.2 cm³/mol. The summed E-state index contributed by atoms with van der Waals surface area (Å²) < 4.78 is 24.5. The molecular weight excluding hydrogens is 308 g/mol. The van der Waals surface area contributed by atoms with Gasteiger partial charge < -0.3 is 5.11 Å². The first-order valence-electron chi connectivity index (χ1n) is 8.87. The van der Waals surface area contributed by atoms with Crippen LogP contribution in [-0.2, 0) is 15.3 Å². The molecule has 0 radical (unpaired) electrons. The lowest BCUT2D eigenvalue weighted by atomic mass is 9.81. The summed E-state index contributed by atoms with van der Waals surface area (Å²) in [5.41, 5.74) is 0.987. The maximum absolute atomic E-state index is 12.2. The van der Waals surface area contributed by atoms with Gasteiger partial charge in [0.15, 0.2) is 9.84 Å². The molecule has 0 aromatic heterocycles. The third-order valence-corrected chi connectivity index (χ3v) is 8.18. The molecule has 2 fully saturated rings. The largest absolute Gasteiger partial charge is 0.395 e. The maximum Gasteiger partial charge on any atom is 0.180 e. The van der Waals surface area contributed by atoms with Gasteiger partial charge in [-0.05, 0) is 49.8 Å².